The highest BCUT2D eigenvalue weighted by Crippen LogP contribution is 2.10. The molecule has 23 heavy (non-hydrogen) atoms. The second-order valence-electron chi connectivity index (χ2n) is 4.63. The molecule has 0 amide bonds. The van der Waals surface area contributed by atoms with Crippen LogP contribution in [0.1, 0.15) is 5.56 Å². The molecule has 0 bridgehead atoms. The number of rotatable bonds is 9. The molecule has 128 valence electrons. The van der Waals surface area contributed by atoms with Crippen molar-refractivity contribution in [3.05, 3.63) is 42.5 Å². The van der Waals surface area contributed by atoms with Crippen LogP contribution in [0.2, 0.25) is 0 Å². The van der Waals surface area contributed by atoms with Gasteiger partial charge < -0.3 is 15.4 Å². The minimum atomic E-state index is -3.49. The highest BCUT2D eigenvalue weighted by atomic mass is 32.2. The molecule has 0 fully saturated rings. The van der Waals surface area contributed by atoms with Crippen molar-refractivity contribution in [3.63, 3.8) is 0 Å². The van der Waals surface area contributed by atoms with E-state index in [4.69, 9.17) is 4.74 Å². The number of aliphatic imine (C=N–C) groups is 1. The normalized spacial score (nSPS) is 12.0. The molecule has 0 aliphatic heterocycles. The number of sulfonamides is 1. The SMILES string of the molecule is C=CCNC(=NC)NCc1ccc(S(=O)(=O)NCCOC)cc1. The molecule has 0 unspecified atom stereocenters. The summed E-state index contributed by atoms with van der Waals surface area (Å²) < 4.78 is 31.4. The van der Waals surface area contributed by atoms with Crippen LogP contribution in [0.15, 0.2) is 46.8 Å². The lowest BCUT2D eigenvalue weighted by Crippen LogP contribution is -2.36. The molecule has 0 aliphatic rings. The predicted molar refractivity (Wildman–Crippen MR) is 91.9 cm³/mol. The van der Waals surface area contributed by atoms with Crippen molar-refractivity contribution in [1.29, 1.82) is 0 Å². The zero-order valence-electron chi connectivity index (χ0n) is 13.5. The third-order valence-electron chi connectivity index (χ3n) is 2.93. The van der Waals surface area contributed by atoms with Crippen LogP contribution in [0.3, 0.4) is 0 Å². The van der Waals surface area contributed by atoms with E-state index < -0.39 is 10.0 Å². The van der Waals surface area contributed by atoms with Gasteiger partial charge in [0.1, 0.15) is 0 Å². The average molecular weight is 340 g/mol. The second-order valence-corrected chi connectivity index (χ2v) is 6.40. The molecule has 0 heterocycles. The fourth-order valence-electron chi connectivity index (χ4n) is 1.72. The van der Waals surface area contributed by atoms with Gasteiger partial charge in [0.2, 0.25) is 10.0 Å². The highest BCUT2D eigenvalue weighted by Gasteiger charge is 2.12. The maximum absolute atomic E-state index is 12.0. The monoisotopic (exact) mass is 340 g/mol. The van der Waals surface area contributed by atoms with E-state index in [1.54, 1.807) is 37.4 Å². The predicted octanol–water partition coefficient (Wildman–Crippen LogP) is 0.462. The molecule has 0 spiro atoms. The van der Waals surface area contributed by atoms with Gasteiger partial charge in [-0.1, -0.05) is 18.2 Å². The summed E-state index contributed by atoms with van der Waals surface area (Å²) in [6, 6.07) is 6.68. The Bertz CT molecular complexity index is 612. The topological polar surface area (TPSA) is 91.8 Å². The second kappa shape index (κ2) is 9.98. The first-order valence-corrected chi connectivity index (χ1v) is 8.64. The van der Waals surface area contributed by atoms with E-state index >= 15 is 0 Å². The van der Waals surface area contributed by atoms with Crippen LogP contribution in [0.4, 0.5) is 0 Å². The van der Waals surface area contributed by atoms with E-state index in [9.17, 15) is 8.42 Å². The van der Waals surface area contributed by atoms with E-state index in [0.29, 0.717) is 25.7 Å². The maximum Gasteiger partial charge on any atom is 0.240 e. The van der Waals surface area contributed by atoms with Gasteiger partial charge in [-0.05, 0) is 17.7 Å². The summed E-state index contributed by atoms with van der Waals surface area (Å²) in [5.74, 6) is 0.655. The zero-order valence-corrected chi connectivity index (χ0v) is 14.3. The summed E-state index contributed by atoms with van der Waals surface area (Å²) in [4.78, 5) is 4.30. The van der Waals surface area contributed by atoms with Gasteiger partial charge in [0.15, 0.2) is 5.96 Å². The van der Waals surface area contributed by atoms with Crippen molar-refractivity contribution in [2.75, 3.05) is 33.9 Å². The molecule has 0 saturated heterocycles. The third kappa shape index (κ3) is 6.81. The molecular weight excluding hydrogens is 316 g/mol. The van der Waals surface area contributed by atoms with Gasteiger partial charge >= 0.3 is 0 Å². The fourth-order valence-corrected chi connectivity index (χ4v) is 2.74. The number of methoxy groups -OCH3 is 1. The number of benzene rings is 1. The molecule has 0 aromatic heterocycles. The van der Waals surface area contributed by atoms with E-state index in [2.05, 4.69) is 26.9 Å². The Kier molecular flexibility index (Phi) is 8.31. The minimum absolute atomic E-state index is 0.228. The van der Waals surface area contributed by atoms with Crippen LogP contribution in [-0.2, 0) is 21.3 Å². The summed E-state index contributed by atoms with van der Waals surface area (Å²) in [5, 5.41) is 6.19. The van der Waals surface area contributed by atoms with Crippen molar-refractivity contribution in [2.24, 2.45) is 4.99 Å². The first kappa shape index (κ1) is 19.1. The van der Waals surface area contributed by atoms with Crippen molar-refractivity contribution in [1.82, 2.24) is 15.4 Å². The Morgan fingerprint density at radius 1 is 1.30 bits per heavy atom. The molecule has 0 atom stereocenters. The quantitative estimate of drug-likeness (QED) is 0.263. The zero-order chi connectivity index (χ0) is 17.1. The van der Waals surface area contributed by atoms with Crippen molar-refractivity contribution in [2.45, 2.75) is 11.4 Å². The number of guanidine groups is 1. The number of hydrogen-bond donors (Lipinski definition) is 3. The van der Waals surface area contributed by atoms with Crippen LogP contribution in [0.5, 0.6) is 0 Å². The van der Waals surface area contributed by atoms with Gasteiger partial charge in [-0.2, -0.15) is 0 Å². The number of nitrogens with zero attached hydrogens (tertiary/aromatic N) is 1. The molecule has 8 heteroatoms. The largest absolute Gasteiger partial charge is 0.383 e. The molecule has 1 rings (SSSR count). The molecular formula is C15H24N4O3S. The van der Waals surface area contributed by atoms with Crippen LogP contribution < -0.4 is 15.4 Å². The number of nitrogens with one attached hydrogen (secondary N) is 3. The van der Waals surface area contributed by atoms with Gasteiger partial charge in [-0.15, -0.1) is 6.58 Å². The minimum Gasteiger partial charge on any atom is -0.383 e. The summed E-state index contributed by atoms with van der Waals surface area (Å²) in [6.07, 6.45) is 1.74. The van der Waals surface area contributed by atoms with Gasteiger partial charge in [0, 0.05) is 33.8 Å². The fraction of sp³-hybridized carbons (Fsp3) is 0.400. The molecule has 0 saturated carbocycles. The summed E-state index contributed by atoms with van der Waals surface area (Å²) >= 11 is 0. The molecule has 1 aromatic carbocycles. The third-order valence-corrected chi connectivity index (χ3v) is 4.41. The Morgan fingerprint density at radius 3 is 2.57 bits per heavy atom. The van der Waals surface area contributed by atoms with Crippen molar-refractivity contribution in [3.8, 4) is 0 Å². The molecule has 0 aliphatic carbocycles. The van der Waals surface area contributed by atoms with E-state index in [1.807, 2.05) is 0 Å². The molecule has 7 nitrogen and oxygen atoms in total. The maximum atomic E-state index is 12.0. The number of ether oxygens (including phenoxy) is 1. The smallest absolute Gasteiger partial charge is 0.240 e. The van der Waals surface area contributed by atoms with Crippen LogP contribution in [0, 0.1) is 0 Å². The average Bonchev–Trinajstić information content (AvgIpc) is 2.55. The van der Waals surface area contributed by atoms with Gasteiger partial charge in [-0.25, -0.2) is 13.1 Å². The summed E-state index contributed by atoms with van der Waals surface area (Å²) in [5.41, 5.74) is 0.947. The Morgan fingerprint density at radius 2 is 2.00 bits per heavy atom. The van der Waals surface area contributed by atoms with E-state index in [0.717, 1.165) is 5.56 Å². The molecule has 1 aromatic rings. The van der Waals surface area contributed by atoms with Gasteiger partial charge in [-0.3, -0.25) is 4.99 Å². The van der Waals surface area contributed by atoms with Crippen LogP contribution in [-0.4, -0.2) is 48.2 Å². The Balaban J connectivity index is 2.60. The summed E-state index contributed by atoms with van der Waals surface area (Å²) in [7, 11) is -0.293. The highest BCUT2D eigenvalue weighted by molar-refractivity contribution is 7.89. The first-order valence-electron chi connectivity index (χ1n) is 7.16. The van der Waals surface area contributed by atoms with Crippen LogP contribution >= 0.6 is 0 Å². The van der Waals surface area contributed by atoms with Gasteiger partial charge in [0.25, 0.3) is 0 Å². The lowest BCUT2D eigenvalue weighted by atomic mass is 10.2. The Labute approximate surface area is 137 Å². The lowest BCUT2D eigenvalue weighted by molar-refractivity contribution is 0.204. The van der Waals surface area contributed by atoms with Crippen molar-refractivity contribution >= 4 is 16.0 Å². The Hall–Kier alpha value is -1.90. The van der Waals surface area contributed by atoms with E-state index in [-0.39, 0.29) is 11.4 Å². The standard InChI is InChI=1S/C15H24N4O3S/c1-4-9-17-15(16-2)18-12-13-5-7-14(8-6-13)23(20,21)19-10-11-22-3/h4-8,19H,1,9-12H2,2-3H3,(H2,16,17,18). The number of hydrogen-bond acceptors (Lipinski definition) is 4. The summed E-state index contributed by atoms with van der Waals surface area (Å²) in [6.45, 7) is 5.35. The first-order chi connectivity index (χ1) is 11.0. The van der Waals surface area contributed by atoms with Crippen molar-refractivity contribution < 1.29 is 13.2 Å². The van der Waals surface area contributed by atoms with E-state index in [1.165, 1.54) is 7.11 Å². The lowest BCUT2D eigenvalue weighted by Gasteiger charge is -2.11. The molecule has 0 radical (unpaired) electrons. The molecule has 3 N–H and O–H groups in total. The van der Waals surface area contributed by atoms with Gasteiger partial charge in [0.05, 0.1) is 11.5 Å². The van der Waals surface area contributed by atoms with Crippen LogP contribution in [0.25, 0.3) is 0 Å².